The first-order valence-electron chi connectivity index (χ1n) is 4.74. The van der Waals surface area contributed by atoms with Gasteiger partial charge in [0.1, 0.15) is 0 Å². The summed E-state index contributed by atoms with van der Waals surface area (Å²) in [4.78, 5) is 0. The molecule has 0 N–H and O–H groups in total. The molecule has 1 atom stereocenters. The summed E-state index contributed by atoms with van der Waals surface area (Å²) in [5, 5.41) is 0. The lowest BCUT2D eigenvalue weighted by Gasteiger charge is -2.21. The highest BCUT2D eigenvalue weighted by Gasteiger charge is 2.57. The van der Waals surface area contributed by atoms with E-state index in [9.17, 15) is 8.42 Å². The maximum Gasteiger partial charge on any atom is 0.238 e. The molecule has 13 heavy (non-hydrogen) atoms. The van der Waals surface area contributed by atoms with E-state index in [4.69, 9.17) is 10.7 Å². The average Bonchev–Trinajstić information content (AvgIpc) is 2.60. The molecule has 1 fully saturated rings. The molecule has 1 unspecified atom stereocenters. The van der Waals surface area contributed by atoms with Crippen LogP contribution in [0.2, 0.25) is 0 Å². The van der Waals surface area contributed by atoms with Crippen molar-refractivity contribution >= 4 is 19.7 Å². The van der Waals surface area contributed by atoms with Gasteiger partial charge in [-0.1, -0.05) is 20.8 Å². The van der Waals surface area contributed by atoms with E-state index in [1.165, 1.54) is 0 Å². The first-order valence-corrected chi connectivity index (χ1v) is 7.05. The SMILES string of the molecule is CC(C)CC(C)C1(S(=O)(=O)Cl)CC1. The Hall–Kier alpha value is 0.240. The quantitative estimate of drug-likeness (QED) is 0.689. The van der Waals surface area contributed by atoms with Crippen molar-refractivity contribution in [3.63, 3.8) is 0 Å². The van der Waals surface area contributed by atoms with Gasteiger partial charge in [-0.25, -0.2) is 8.42 Å². The summed E-state index contributed by atoms with van der Waals surface area (Å²) >= 11 is 0. The van der Waals surface area contributed by atoms with Crippen molar-refractivity contribution in [3.05, 3.63) is 0 Å². The minimum Gasteiger partial charge on any atom is -0.212 e. The van der Waals surface area contributed by atoms with Gasteiger partial charge in [-0.05, 0) is 31.1 Å². The predicted octanol–water partition coefficient (Wildman–Crippen LogP) is 2.77. The Morgan fingerprint density at radius 1 is 1.31 bits per heavy atom. The predicted molar refractivity (Wildman–Crippen MR) is 55.4 cm³/mol. The Morgan fingerprint density at radius 2 is 1.77 bits per heavy atom. The van der Waals surface area contributed by atoms with Crippen molar-refractivity contribution in [2.45, 2.75) is 44.8 Å². The van der Waals surface area contributed by atoms with E-state index in [1.54, 1.807) is 0 Å². The molecular formula is C9H17ClO2S. The summed E-state index contributed by atoms with van der Waals surface area (Å²) in [7, 11) is 2.07. The zero-order valence-electron chi connectivity index (χ0n) is 8.38. The van der Waals surface area contributed by atoms with Gasteiger partial charge in [0.15, 0.2) is 0 Å². The molecule has 78 valence electrons. The van der Waals surface area contributed by atoms with Crippen LogP contribution in [0.4, 0.5) is 0 Å². The summed E-state index contributed by atoms with van der Waals surface area (Å²) in [6.07, 6.45) is 2.42. The molecule has 0 saturated heterocycles. The Kier molecular flexibility index (Phi) is 2.98. The van der Waals surface area contributed by atoms with Crippen molar-refractivity contribution in [1.29, 1.82) is 0 Å². The summed E-state index contributed by atoms with van der Waals surface area (Å²) in [5.41, 5.74) is 0. The monoisotopic (exact) mass is 224 g/mol. The second kappa shape index (κ2) is 3.43. The van der Waals surface area contributed by atoms with Crippen LogP contribution < -0.4 is 0 Å². The topological polar surface area (TPSA) is 34.1 Å². The molecule has 0 bridgehead atoms. The van der Waals surface area contributed by atoms with Crippen molar-refractivity contribution in [1.82, 2.24) is 0 Å². The zero-order valence-corrected chi connectivity index (χ0v) is 9.95. The van der Waals surface area contributed by atoms with E-state index in [1.807, 2.05) is 6.92 Å². The van der Waals surface area contributed by atoms with Gasteiger partial charge >= 0.3 is 0 Å². The minimum atomic E-state index is -3.36. The number of hydrogen-bond acceptors (Lipinski definition) is 2. The maximum absolute atomic E-state index is 11.3. The standard InChI is InChI=1S/C9H17ClO2S/c1-7(2)6-8(3)9(4-5-9)13(10,11)12/h7-8H,4-6H2,1-3H3. The molecule has 1 aliphatic rings. The lowest BCUT2D eigenvalue weighted by Crippen LogP contribution is -2.27. The highest BCUT2D eigenvalue weighted by Crippen LogP contribution is 2.52. The molecule has 0 heterocycles. The zero-order chi connectivity index (χ0) is 10.3. The molecule has 0 amide bonds. The third kappa shape index (κ3) is 2.18. The van der Waals surface area contributed by atoms with Crippen LogP contribution in [-0.2, 0) is 9.05 Å². The van der Waals surface area contributed by atoms with Crippen LogP contribution in [0.1, 0.15) is 40.0 Å². The summed E-state index contributed by atoms with van der Waals surface area (Å²) in [6, 6.07) is 0. The molecule has 4 heteroatoms. The van der Waals surface area contributed by atoms with Gasteiger partial charge in [0.25, 0.3) is 0 Å². The fraction of sp³-hybridized carbons (Fsp3) is 1.00. The Bertz CT molecular complexity index is 278. The van der Waals surface area contributed by atoms with Gasteiger partial charge in [0, 0.05) is 10.7 Å². The van der Waals surface area contributed by atoms with Crippen molar-refractivity contribution in [2.24, 2.45) is 11.8 Å². The van der Waals surface area contributed by atoms with Gasteiger partial charge in [-0.2, -0.15) is 0 Å². The van der Waals surface area contributed by atoms with Crippen LogP contribution in [0.15, 0.2) is 0 Å². The molecule has 0 radical (unpaired) electrons. The fourth-order valence-electron chi connectivity index (χ4n) is 2.02. The van der Waals surface area contributed by atoms with Gasteiger partial charge in [-0.15, -0.1) is 0 Å². The third-order valence-corrected chi connectivity index (χ3v) is 5.66. The van der Waals surface area contributed by atoms with Gasteiger partial charge in [-0.3, -0.25) is 0 Å². The molecule has 1 rings (SSSR count). The summed E-state index contributed by atoms with van der Waals surface area (Å²) < 4.78 is 22.0. The number of halogens is 1. The van der Waals surface area contributed by atoms with Gasteiger partial charge in [0.05, 0.1) is 4.75 Å². The van der Waals surface area contributed by atoms with Crippen LogP contribution in [-0.4, -0.2) is 13.2 Å². The van der Waals surface area contributed by atoms with E-state index in [-0.39, 0.29) is 5.92 Å². The summed E-state index contributed by atoms with van der Waals surface area (Å²) in [5.74, 6) is 0.723. The molecular weight excluding hydrogens is 208 g/mol. The van der Waals surface area contributed by atoms with Crippen LogP contribution in [0.3, 0.4) is 0 Å². The van der Waals surface area contributed by atoms with Crippen LogP contribution in [0.5, 0.6) is 0 Å². The second-order valence-corrected chi connectivity index (χ2v) is 7.44. The first-order chi connectivity index (χ1) is 5.79. The van der Waals surface area contributed by atoms with Crippen molar-refractivity contribution in [3.8, 4) is 0 Å². The van der Waals surface area contributed by atoms with Gasteiger partial charge in [0.2, 0.25) is 9.05 Å². The Morgan fingerprint density at radius 3 is 2.00 bits per heavy atom. The maximum atomic E-state index is 11.3. The van der Waals surface area contributed by atoms with E-state index in [0.717, 1.165) is 19.3 Å². The smallest absolute Gasteiger partial charge is 0.212 e. The van der Waals surface area contributed by atoms with Crippen molar-refractivity contribution < 1.29 is 8.42 Å². The summed E-state index contributed by atoms with van der Waals surface area (Å²) in [6.45, 7) is 6.20. The molecule has 2 nitrogen and oxygen atoms in total. The van der Waals surface area contributed by atoms with E-state index in [2.05, 4.69) is 13.8 Å². The molecule has 0 aromatic heterocycles. The fourth-order valence-corrected chi connectivity index (χ4v) is 4.11. The van der Waals surface area contributed by atoms with Crippen LogP contribution >= 0.6 is 10.7 Å². The first kappa shape index (κ1) is 11.3. The Balaban J connectivity index is 2.72. The highest BCUT2D eigenvalue weighted by atomic mass is 35.7. The highest BCUT2D eigenvalue weighted by molar-refractivity contribution is 8.15. The van der Waals surface area contributed by atoms with Crippen LogP contribution in [0, 0.1) is 11.8 Å². The largest absolute Gasteiger partial charge is 0.238 e. The molecule has 0 aromatic carbocycles. The molecule has 1 aliphatic carbocycles. The van der Waals surface area contributed by atoms with Crippen LogP contribution in [0.25, 0.3) is 0 Å². The number of rotatable bonds is 4. The van der Waals surface area contributed by atoms with E-state index < -0.39 is 13.8 Å². The molecule has 1 saturated carbocycles. The van der Waals surface area contributed by atoms with Gasteiger partial charge < -0.3 is 0 Å². The molecule has 0 aliphatic heterocycles. The Labute approximate surface area is 85.1 Å². The normalized spacial score (nSPS) is 23.2. The average molecular weight is 225 g/mol. The third-order valence-electron chi connectivity index (χ3n) is 2.95. The van der Waals surface area contributed by atoms with E-state index in [0.29, 0.717) is 5.92 Å². The molecule has 0 aromatic rings. The lowest BCUT2D eigenvalue weighted by atomic mass is 9.94. The lowest BCUT2D eigenvalue weighted by molar-refractivity contribution is 0.406. The van der Waals surface area contributed by atoms with E-state index >= 15 is 0 Å². The van der Waals surface area contributed by atoms with Crippen molar-refractivity contribution in [2.75, 3.05) is 0 Å². The number of hydrogen-bond donors (Lipinski definition) is 0. The molecule has 0 spiro atoms. The second-order valence-electron chi connectivity index (χ2n) is 4.53. The minimum absolute atomic E-state index is 0.190.